The summed E-state index contributed by atoms with van der Waals surface area (Å²) < 4.78 is 0. The standard InChI is InChI=1S/C15H19NO/c1-3-10-16(11-4-2)15(13-17)12-14-8-6-5-7-9-14/h3-9,13,15H,1-2,10-12H2. The van der Waals surface area contributed by atoms with Crippen LogP contribution in [0.15, 0.2) is 55.6 Å². The van der Waals surface area contributed by atoms with E-state index in [0.717, 1.165) is 12.7 Å². The average molecular weight is 229 g/mol. The van der Waals surface area contributed by atoms with E-state index in [1.807, 2.05) is 42.5 Å². The van der Waals surface area contributed by atoms with Crippen molar-refractivity contribution in [2.75, 3.05) is 13.1 Å². The van der Waals surface area contributed by atoms with Gasteiger partial charge < -0.3 is 4.79 Å². The lowest BCUT2D eigenvalue weighted by Gasteiger charge is -2.25. The smallest absolute Gasteiger partial charge is 0.137 e. The highest BCUT2D eigenvalue weighted by Crippen LogP contribution is 2.07. The highest BCUT2D eigenvalue weighted by Gasteiger charge is 2.15. The minimum absolute atomic E-state index is 0.117. The first-order valence-corrected chi connectivity index (χ1v) is 5.77. The number of nitrogens with zero attached hydrogens (tertiary/aromatic N) is 1. The molecule has 0 saturated carbocycles. The van der Waals surface area contributed by atoms with Crippen molar-refractivity contribution in [1.29, 1.82) is 0 Å². The Morgan fingerprint density at radius 3 is 2.18 bits per heavy atom. The van der Waals surface area contributed by atoms with Gasteiger partial charge in [-0.15, -0.1) is 13.2 Å². The molecule has 0 N–H and O–H groups in total. The van der Waals surface area contributed by atoms with Crippen LogP contribution in [0.3, 0.4) is 0 Å². The zero-order valence-electron chi connectivity index (χ0n) is 10.1. The predicted octanol–water partition coefficient (Wildman–Crippen LogP) is 2.47. The number of hydrogen-bond acceptors (Lipinski definition) is 2. The summed E-state index contributed by atoms with van der Waals surface area (Å²) in [5.41, 5.74) is 1.17. The summed E-state index contributed by atoms with van der Waals surface area (Å²) in [6.07, 6.45) is 5.35. The van der Waals surface area contributed by atoms with E-state index in [0.29, 0.717) is 13.1 Å². The quantitative estimate of drug-likeness (QED) is 0.504. The SMILES string of the molecule is C=CCN(CC=C)C(C=O)Cc1ccccc1. The van der Waals surface area contributed by atoms with E-state index in [4.69, 9.17) is 0 Å². The van der Waals surface area contributed by atoms with Crippen LogP contribution in [0.2, 0.25) is 0 Å². The minimum Gasteiger partial charge on any atom is -0.302 e. The number of hydrogen-bond donors (Lipinski definition) is 0. The number of carbonyl (C=O) groups excluding carboxylic acids is 1. The van der Waals surface area contributed by atoms with Crippen LogP contribution in [0.1, 0.15) is 5.56 Å². The van der Waals surface area contributed by atoms with Gasteiger partial charge in [-0.2, -0.15) is 0 Å². The molecule has 1 atom stereocenters. The third-order valence-electron chi connectivity index (χ3n) is 2.64. The zero-order valence-corrected chi connectivity index (χ0v) is 10.1. The Morgan fingerprint density at radius 1 is 1.12 bits per heavy atom. The predicted molar refractivity (Wildman–Crippen MR) is 72.0 cm³/mol. The molecule has 0 heterocycles. The minimum atomic E-state index is -0.117. The van der Waals surface area contributed by atoms with Crippen LogP contribution < -0.4 is 0 Å². The first-order valence-electron chi connectivity index (χ1n) is 5.77. The molecule has 2 nitrogen and oxygen atoms in total. The van der Waals surface area contributed by atoms with Gasteiger partial charge in [0.1, 0.15) is 6.29 Å². The van der Waals surface area contributed by atoms with Gasteiger partial charge in [0.2, 0.25) is 0 Å². The van der Waals surface area contributed by atoms with Crippen molar-refractivity contribution in [3.8, 4) is 0 Å². The van der Waals surface area contributed by atoms with Gasteiger partial charge in [-0.1, -0.05) is 42.5 Å². The van der Waals surface area contributed by atoms with Gasteiger partial charge >= 0.3 is 0 Å². The first kappa shape index (κ1) is 13.4. The van der Waals surface area contributed by atoms with E-state index < -0.39 is 0 Å². The Hall–Kier alpha value is -1.67. The molecule has 0 fully saturated rings. The Labute approximate surface area is 103 Å². The van der Waals surface area contributed by atoms with Gasteiger partial charge in [0.15, 0.2) is 0 Å². The first-order chi connectivity index (χ1) is 8.31. The summed E-state index contributed by atoms with van der Waals surface area (Å²) >= 11 is 0. The van der Waals surface area contributed by atoms with Crippen LogP contribution in [0.5, 0.6) is 0 Å². The summed E-state index contributed by atoms with van der Waals surface area (Å²) in [7, 11) is 0. The lowest BCUT2D eigenvalue weighted by Crippen LogP contribution is -2.38. The Morgan fingerprint density at radius 2 is 1.71 bits per heavy atom. The third-order valence-corrected chi connectivity index (χ3v) is 2.64. The highest BCUT2D eigenvalue weighted by molar-refractivity contribution is 5.58. The molecule has 0 aliphatic carbocycles. The van der Waals surface area contributed by atoms with Crippen LogP contribution in [0.4, 0.5) is 0 Å². The second-order valence-corrected chi connectivity index (χ2v) is 3.92. The maximum Gasteiger partial charge on any atom is 0.137 e. The largest absolute Gasteiger partial charge is 0.302 e. The lowest BCUT2D eigenvalue weighted by molar-refractivity contribution is -0.112. The number of aldehydes is 1. The van der Waals surface area contributed by atoms with E-state index >= 15 is 0 Å². The molecule has 1 rings (SSSR count). The second kappa shape index (κ2) is 7.58. The maximum atomic E-state index is 11.2. The van der Waals surface area contributed by atoms with Gasteiger partial charge in [0, 0.05) is 13.1 Å². The fourth-order valence-electron chi connectivity index (χ4n) is 1.80. The maximum absolute atomic E-state index is 11.2. The molecule has 2 heteroatoms. The van der Waals surface area contributed by atoms with Crippen LogP contribution >= 0.6 is 0 Å². The lowest BCUT2D eigenvalue weighted by atomic mass is 10.1. The van der Waals surface area contributed by atoms with E-state index in [1.54, 1.807) is 0 Å². The van der Waals surface area contributed by atoms with Crippen LogP contribution in [-0.4, -0.2) is 30.3 Å². The topological polar surface area (TPSA) is 20.3 Å². The van der Waals surface area contributed by atoms with E-state index in [-0.39, 0.29) is 6.04 Å². The highest BCUT2D eigenvalue weighted by atomic mass is 16.1. The summed E-state index contributed by atoms with van der Waals surface area (Å²) in [6, 6.07) is 9.91. The molecule has 1 unspecified atom stereocenters. The molecule has 0 radical (unpaired) electrons. The van der Waals surface area contributed by atoms with Gasteiger partial charge in [-0.05, 0) is 12.0 Å². The molecule has 0 spiro atoms. The van der Waals surface area contributed by atoms with Crippen molar-refractivity contribution in [1.82, 2.24) is 4.90 Å². The summed E-state index contributed by atoms with van der Waals surface area (Å²) in [6.45, 7) is 8.82. The van der Waals surface area contributed by atoms with E-state index in [2.05, 4.69) is 18.1 Å². The fourth-order valence-corrected chi connectivity index (χ4v) is 1.80. The molecule has 90 valence electrons. The fraction of sp³-hybridized carbons (Fsp3) is 0.267. The Kier molecular flexibility index (Phi) is 5.97. The van der Waals surface area contributed by atoms with Crippen LogP contribution in [-0.2, 0) is 11.2 Å². The molecule has 0 bridgehead atoms. The molecule has 0 aliphatic heterocycles. The molecule has 0 aliphatic rings. The van der Waals surface area contributed by atoms with Gasteiger partial charge in [0.05, 0.1) is 6.04 Å². The van der Waals surface area contributed by atoms with Crippen molar-refractivity contribution in [2.24, 2.45) is 0 Å². The molecular weight excluding hydrogens is 210 g/mol. The average Bonchev–Trinajstić information content (AvgIpc) is 2.37. The van der Waals surface area contributed by atoms with Crippen molar-refractivity contribution < 1.29 is 4.79 Å². The van der Waals surface area contributed by atoms with Crippen molar-refractivity contribution in [2.45, 2.75) is 12.5 Å². The van der Waals surface area contributed by atoms with E-state index in [9.17, 15) is 4.79 Å². The molecule has 1 aromatic carbocycles. The van der Waals surface area contributed by atoms with Crippen LogP contribution in [0, 0.1) is 0 Å². The molecular formula is C15H19NO. The zero-order chi connectivity index (χ0) is 12.5. The van der Waals surface area contributed by atoms with Crippen molar-refractivity contribution in [3.63, 3.8) is 0 Å². The number of benzene rings is 1. The van der Waals surface area contributed by atoms with Gasteiger partial charge in [0.25, 0.3) is 0 Å². The molecule has 1 aromatic rings. The van der Waals surface area contributed by atoms with Gasteiger partial charge in [-0.3, -0.25) is 4.90 Å². The monoisotopic (exact) mass is 229 g/mol. The molecule has 17 heavy (non-hydrogen) atoms. The van der Waals surface area contributed by atoms with E-state index in [1.165, 1.54) is 5.56 Å². The molecule has 0 aromatic heterocycles. The molecule has 0 saturated heterocycles. The summed E-state index contributed by atoms with van der Waals surface area (Å²) in [4.78, 5) is 13.2. The summed E-state index contributed by atoms with van der Waals surface area (Å²) in [5.74, 6) is 0. The second-order valence-electron chi connectivity index (χ2n) is 3.92. The Bertz CT molecular complexity index is 348. The molecule has 0 amide bonds. The van der Waals surface area contributed by atoms with Crippen LogP contribution in [0.25, 0.3) is 0 Å². The number of rotatable bonds is 8. The Balaban J connectivity index is 2.71. The van der Waals surface area contributed by atoms with Crippen molar-refractivity contribution >= 4 is 6.29 Å². The third kappa shape index (κ3) is 4.37. The number of carbonyl (C=O) groups is 1. The van der Waals surface area contributed by atoms with Gasteiger partial charge in [-0.25, -0.2) is 0 Å². The normalized spacial score (nSPS) is 12.1. The summed E-state index contributed by atoms with van der Waals surface area (Å²) in [5, 5.41) is 0. The van der Waals surface area contributed by atoms with Crippen molar-refractivity contribution in [3.05, 3.63) is 61.2 Å².